The van der Waals surface area contributed by atoms with Crippen LogP contribution in [0.25, 0.3) is 6.08 Å². The third kappa shape index (κ3) is 5.12. The number of hydrogen-bond donors (Lipinski definition) is 4. The highest BCUT2D eigenvalue weighted by Gasteiger charge is 2.31. The predicted molar refractivity (Wildman–Crippen MR) is 75.7 cm³/mol. The summed E-state index contributed by atoms with van der Waals surface area (Å²) in [6.07, 6.45) is 1.02. The van der Waals surface area contributed by atoms with E-state index in [2.05, 4.69) is 6.58 Å². The van der Waals surface area contributed by atoms with Crippen LogP contribution >= 0.6 is 0 Å². The molecular formula is C15H16O6. The van der Waals surface area contributed by atoms with Crippen molar-refractivity contribution in [1.29, 1.82) is 0 Å². The smallest absolute Gasteiger partial charge is 0.333 e. The number of carboxylic acid groups (broad SMARTS) is 2. The van der Waals surface area contributed by atoms with Gasteiger partial charge in [-0.15, -0.1) is 0 Å². The van der Waals surface area contributed by atoms with Gasteiger partial charge in [0.25, 0.3) is 0 Å². The maximum Gasteiger partial charge on any atom is 0.333 e. The third-order valence-electron chi connectivity index (χ3n) is 2.84. The normalized spacial score (nSPS) is 13.8. The molecule has 0 spiro atoms. The van der Waals surface area contributed by atoms with Gasteiger partial charge in [0, 0.05) is 0 Å². The van der Waals surface area contributed by atoms with Crippen LogP contribution in [0, 0.1) is 5.92 Å². The molecule has 0 bridgehead atoms. The van der Waals surface area contributed by atoms with E-state index in [1.165, 1.54) is 18.2 Å². The lowest BCUT2D eigenvalue weighted by atomic mass is 9.94. The Morgan fingerprint density at radius 2 is 1.71 bits per heavy atom. The van der Waals surface area contributed by atoms with Gasteiger partial charge in [0.05, 0.1) is 5.92 Å². The predicted octanol–water partition coefficient (Wildman–Crippen LogP) is 1.50. The number of allylic oxidation sites excluding steroid dienone is 2. The molecule has 0 aliphatic carbocycles. The van der Waals surface area contributed by atoms with Gasteiger partial charge < -0.3 is 20.4 Å². The van der Waals surface area contributed by atoms with Crippen LogP contribution in [-0.4, -0.2) is 38.5 Å². The Bertz CT molecular complexity index is 558. The number of aromatic hydroxyl groups is 1. The van der Waals surface area contributed by atoms with Crippen LogP contribution in [-0.2, 0) is 9.59 Å². The van der Waals surface area contributed by atoms with Crippen molar-refractivity contribution in [2.75, 3.05) is 0 Å². The van der Waals surface area contributed by atoms with Gasteiger partial charge >= 0.3 is 11.9 Å². The summed E-state index contributed by atoms with van der Waals surface area (Å²) in [5, 5.41) is 36.1. The Hall–Kier alpha value is -2.60. The van der Waals surface area contributed by atoms with Crippen LogP contribution in [0.2, 0.25) is 0 Å². The van der Waals surface area contributed by atoms with Gasteiger partial charge in [-0.05, 0) is 24.1 Å². The van der Waals surface area contributed by atoms with E-state index >= 15 is 0 Å². The third-order valence-corrected chi connectivity index (χ3v) is 2.84. The van der Waals surface area contributed by atoms with Crippen molar-refractivity contribution in [3.8, 4) is 5.75 Å². The minimum absolute atomic E-state index is 0.126. The number of benzene rings is 1. The standard InChI is InChI=1S/C15H16O6/c1-9(2-3-10-4-6-11(16)7-5-10)8-12(14(18)19)13(17)15(20)21/h2-7,12-13,16-17H,1,8H2,(H,18,19)(H,20,21)/b3-2+. The molecular weight excluding hydrogens is 276 g/mol. The Balaban J connectivity index is 2.72. The fraction of sp³-hybridized carbons (Fsp3) is 0.200. The van der Waals surface area contributed by atoms with Crippen molar-refractivity contribution in [2.24, 2.45) is 5.92 Å². The van der Waals surface area contributed by atoms with Gasteiger partial charge in [-0.25, -0.2) is 4.79 Å². The molecule has 6 nitrogen and oxygen atoms in total. The van der Waals surface area contributed by atoms with Gasteiger partial charge in [0.2, 0.25) is 0 Å². The first-order valence-corrected chi connectivity index (χ1v) is 6.10. The average molecular weight is 292 g/mol. The van der Waals surface area contributed by atoms with Gasteiger partial charge in [-0.2, -0.15) is 0 Å². The molecule has 4 N–H and O–H groups in total. The molecule has 0 saturated heterocycles. The first-order valence-electron chi connectivity index (χ1n) is 6.10. The van der Waals surface area contributed by atoms with Crippen molar-refractivity contribution in [2.45, 2.75) is 12.5 Å². The second-order valence-corrected chi connectivity index (χ2v) is 4.52. The number of aliphatic carboxylic acids is 2. The average Bonchev–Trinajstić information content (AvgIpc) is 2.43. The molecule has 112 valence electrons. The molecule has 0 aliphatic rings. The van der Waals surface area contributed by atoms with Crippen molar-refractivity contribution >= 4 is 18.0 Å². The van der Waals surface area contributed by atoms with Crippen LogP contribution in [0.1, 0.15) is 12.0 Å². The van der Waals surface area contributed by atoms with E-state index in [9.17, 15) is 14.7 Å². The molecule has 21 heavy (non-hydrogen) atoms. The van der Waals surface area contributed by atoms with Gasteiger partial charge in [0.1, 0.15) is 5.75 Å². The molecule has 0 aromatic heterocycles. The fourth-order valence-electron chi connectivity index (χ4n) is 1.66. The monoisotopic (exact) mass is 292 g/mol. The lowest BCUT2D eigenvalue weighted by Gasteiger charge is -2.15. The van der Waals surface area contributed by atoms with E-state index in [-0.39, 0.29) is 12.2 Å². The number of phenolic OH excluding ortho intramolecular Hbond substituents is 1. The van der Waals surface area contributed by atoms with Gasteiger partial charge in [-0.3, -0.25) is 4.79 Å². The van der Waals surface area contributed by atoms with Crippen molar-refractivity contribution < 1.29 is 30.0 Å². The largest absolute Gasteiger partial charge is 0.508 e. The Morgan fingerprint density at radius 1 is 1.14 bits per heavy atom. The van der Waals surface area contributed by atoms with Crippen LogP contribution in [0.4, 0.5) is 0 Å². The summed E-state index contributed by atoms with van der Waals surface area (Å²) >= 11 is 0. The maximum atomic E-state index is 11.0. The molecule has 0 aliphatic heterocycles. The maximum absolute atomic E-state index is 11.0. The SMILES string of the molecule is C=C(/C=C/c1ccc(O)cc1)CC(C(=O)O)C(O)C(=O)O. The van der Waals surface area contributed by atoms with Gasteiger partial charge in [-0.1, -0.05) is 36.4 Å². The number of aliphatic hydroxyl groups is 1. The summed E-state index contributed by atoms with van der Waals surface area (Å²) in [5.74, 6) is -4.32. The van der Waals surface area contributed by atoms with Crippen molar-refractivity contribution in [3.63, 3.8) is 0 Å². The number of aliphatic hydroxyl groups excluding tert-OH is 1. The number of phenols is 1. The zero-order chi connectivity index (χ0) is 16.0. The first-order chi connectivity index (χ1) is 9.81. The summed E-state index contributed by atoms with van der Waals surface area (Å²) in [4.78, 5) is 21.6. The second kappa shape index (κ2) is 7.25. The highest BCUT2D eigenvalue weighted by Crippen LogP contribution is 2.18. The van der Waals surface area contributed by atoms with E-state index in [1.807, 2.05) is 0 Å². The molecule has 2 atom stereocenters. The molecule has 0 heterocycles. The zero-order valence-corrected chi connectivity index (χ0v) is 11.1. The molecule has 1 aromatic rings. The topological polar surface area (TPSA) is 115 Å². The lowest BCUT2D eigenvalue weighted by molar-refractivity contribution is -0.159. The first kappa shape index (κ1) is 16.5. The van der Waals surface area contributed by atoms with Crippen LogP contribution in [0.5, 0.6) is 5.75 Å². The summed E-state index contributed by atoms with van der Waals surface area (Å²) in [6.45, 7) is 3.65. The minimum Gasteiger partial charge on any atom is -0.508 e. The van der Waals surface area contributed by atoms with Crippen LogP contribution in [0.3, 0.4) is 0 Å². The van der Waals surface area contributed by atoms with E-state index in [1.54, 1.807) is 18.2 Å². The zero-order valence-electron chi connectivity index (χ0n) is 11.1. The fourth-order valence-corrected chi connectivity index (χ4v) is 1.66. The highest BCUT2D eigenvalue weighted by molar-refractivity contribution is 5.81. The molecule has 2 unspecified atom stereocenters. The Kier molecular flexibility index (Phi) is 5.68. The van der Waals surface area contributed by atoms with Crippen LogP contribution in [0.15, 0.2) is 42.5 Å². The molecule has 0 radical (unpaired) electrons. The van der Waals surface area contributed by atoms with E-state index in [0.29, 0.717) is 5.57 Å². The summed E-state index contributed by atoms with van der Waals surface area (Å²) < 4.78 is 0. The van der Waals surface area contributed by atoms with Gasteiger partial charge in [0.15, 0.2) is 6.10 Å². The molecule has 1 rings (SSSR count). The minimum atomic E-state index is -1.98. The summed E-state index contributed by atoms with van der Waals surface area (Å²) in [7, 11) is 0. The van der Waals surface area contributed by atoms with E-state index in [4.69, 9.17) is 15.3 Å². The molecule has 6 heteroatoms. The number of hydrogen-bond acceptors (Lipinski definition) is 4. The van der Waals surface area contributed by atoms with E-state index < -0.39 is 24.0 Å². The molecule has 0 fully saturated rings. The Labute approximate surface area is 121 Å². The quantitative estimate of drug-likeness (QED) is 0.566. The number of carboxylic acids is 2. The molecule has 1 aromatic carbocycles. The summed E-state index contributed by atoms with van der Waals surface area (Å²) in [5.41, 5.74) is 1.13. The number of rotatable bonds is 7. The second-order valence-electron chi connectivity index (χ2n) is 4.52. The van der Waals surface area contributed by atoms with E-state index in [0.717, 1.165) is 5.56 Å². The van der Waals surface area contributed by atoms with Crippen molar-refractivity contribution in [3.05, 3.63) is 48.1 Å². The summed E-state index contributed by atoms with van der Waals surface area (Å²) in [6, 6.07) is 6.30. The lowest BCUT2D eigenvalue weighted by Crippen LogP contribution is -2.34. The van der Waals surface area contributed by atoms with Crippen LogP contribution < -0.4 is 0 Å². The number of carbonyl (C=O) groups is 2. The highest BCUT2D eigenvalue weighted by atomic mass is 16.4. The molecule has 0 amide bonds. The molecule has 0 saturated carbocycles. The Morgan fingerprint density at radius 3 is 2.19 bits per heavy atom. The van der Waals surface area contributed by atoms with Crippen molar-refractivity contribution in [1.82, 2.24) is 0 Å².